The van der Waals surface area contributed by atoms with Crippen molar-refractivity contribution in [2.45, 2.75) is 51.1 Å². The number of quaternary nitrogens is 2. The third-order valence-electron chi connectivity index (χ3n) is 3.76. The van der Waals surface area contributed by atoms with Crippen molar-refractivity contribution in [3.63, 3.8) is 0 Å². The van der Waals surface area contributed by atoms with Gasteiger partial charge < -0.3 is 8.97 Å². The summed E-state index contributed by atoms with van der Waals surface area (Å²) in [6, 6.07) is 3.02. The van der Waals surface area contributed by atoms with Crippen molar-refractivity contribution in [2.24, 2.45) is 0 Å². The van der Waals surface area contributed by atoms with Crippen LogP contribution in [0.2, 0.25) is 38.3 Å². The van der Waals surface area contributed by atoms with Gasteiger partial charge in [-0.15, -0.1) is 0 Å². The average Bonchev–Trinajstić information content (AvgIpc) is 2.04. The Morgan fingerprint density at radius 3 is 1.00 bits per heavy atom. The van der Waals surface area contributed by atoms with Crippen LogP contribution in [0.5, 0.6) is 0 Å². The lowest BCUT2D eigenvalue weighted by atomic mass is 10.4. The molecule has 0 aliphatic carbocycles. The molecule has 0 rings (SSSR count). The monoisotopic (exact) mass is 318 g/mol. The smallest absolute Gasteiger partial charge is 0.113 e. The Balaban J connectivity index is 4.08. The SMILES string of the molecule is C[N+](C)(C)C[Si](C)(C)CCCC[Si](C)(C)C[N+](C)(C)C. The fraction of sp³-hybridized carbons (Fsp3) is 1.00. The van der Waals surface area contributed by atoms with Crippen molar-refractivity contribution in [3.8, 4) is 0 Å². The summed E-state index contributed by atoms with van der Waals surface area (Å²) < 4.78 is 2.28. The lowest BCUT2D eigenvalue weighted by Gasteiger charge is -2.34. The van der Waals surface area contributed by atoms with E-state index in [-0.39, 0.29) is 0 Å². The lowest BCUT2D eigenvalue weighted by molar-refractivity contribution is -0.860. The van der Waals surface area contributed by atoms with Crippen LogP contribution in [0, 0.1) is 0 Å². The van der Waals surface area contributed by atoms with Crippen molar-refractivity contribution in [1.29, 1.82) is 0 Å². The molecule has 0 amide bonds. The molecule has 0 N–H and O–H groups in total. The third kappa shape index (κ3) is 12.1. The van der Waals surface area contributed by atoms with E-state index >= 15 is 0 Å². The van der Waals surface area contributed by atoms with Gasteiger partial charge in [-0.1, -0.05) is 51.1 Å². The van der Waals surface area contributed by atoms with Crippen molar-refractivity contribution >= 4 is 16.1 Å². The molecule has 0 aromatic carbocycles. The van der Waals surface area contributed by atoms with Gasteiger partial charge in [0.15, 0.2) is 0 Å². The van der Waals surface area contributed by atoms with Gasteiger partial charge in [0.1, 0.15) is 16.1 Å². The summed E-state index contributed by atoms with van der Waals surface area (Å²) >= 11 is 0. The van der Waals surface area contributed by atoms with Gasteiger partial charge in [-0.25, -0.2) is 0 Å². The molecule has 0 radical (unpaired) electrons. The Hall–Kier alpha value is 0.354. The predicted molar refractivity (Wildman–Crippen MR) is 99.6 cm³/mol. The Bertz CT molecular complexity index is 256. The Morgan fingerprint density at radius 1 is 0.550 bits per heavy atom. The number of rotatable bonds is 9. The molecule has 0 aromatic rings. The highest BCUT2D eigenvalue weighted by molar-refractivity contribution is 6.77. The second-order valence-corrected chi connectivity index (χ2v) is 20.7. The molecule has 0 saturated heterocycles. The molecule has 0 aromatic heterocycles. The predicted octanol–water partition coefficient (Wildman–Crippen LogP) is 3.67. The molecule has 0 aliphatic rings. The molecule has 2 nitrogen and oxygen atoms in total. The fourth-order valence-corrected chi connectivity index (χ4v) is 11.8. The minimum Gasteiger partial charge on any atom is -0.334 e. The summed E-state index contributed by atoms with van der Waals surface area (Å²) in [6.07, 6.45) is 5.75. The minimum atomic E-state index is -0.998. The molecule has 122 valence electrons. The first kappa shape index (κ1) is 20.4. The molecule has 0 heterocycles. The van der Waals surface area contributed by atoms with Crippen LogP contribution < -0.4 is 0 Å². The summed E-state index contributed by atoms with van der Waals surface area (Å²) in [5, 5.41) is 0. The van der Waals surface area contributed by atoms with Gasteiger partial charge in [0.25, 0.3) is 0 Å². The number of hydrogen-bond acceptors (Lipinski definition) is 0. The van der Waals surface area contributed by atoms with Gasteiger partial charge in [-0.3, -0.25) is 0 Å². The van der Waals surface area contributed by atoms with Crippen molar-refractivity contribution in [2.75, 3.05) is 54.6 Å². The molecule has 0 atom stereocenters. The summed E-state index contributed by atoms with van der Waals surface area (Å²) in [7, 11) is 12.0. The van der Waals surface area contributed by atoms with Crippen LogP contribution in [0.1, 0.15) is 12.8 Å². The quantitative estimate of drug-likeness (QED) is 0.346. The molecule has 4 heteroatoms. The van der Waals surface area contributed by atoms with Crippen LogP contribution in [0.4, 0.5) is 0 Å². The largest absolute Gasteiger partial charge is 0.334 e. The third-order valence-corrected chi connectivity index (χ3v) is 10.8. The number of hydrogen-bond donors (Lipinski definition) is 0. The Labute approximate surface area is 131 Å². The first-order valence-electron chi connectivity index (χ1n) is 8.23. The summed E-state index contributed by atoms with van der Waals surface area (Å²) in [5.74, 6) is 0. The standard InChI is InChI=1S/C16H42N2Si2/c1-17(2,3)15-19(7,8)13-11-12-14-20(9,10)16-18(4,5)6/h11-16H2,1-10H3/q+2. The molecule has 0 fully saturated rings. The zero-order chi connectivity index (χ0) is 16.2. The van der Waals surface area contributed by atoms with Crippen LogP contribution in [0.15, 0.2) is 0 Å². The van der Waals surface area contributed by atoms with E-state index in [1.54, 1.807) is 0 Å². The van der Waals surface area contributed by atoms with Crippen LogP contribution in [-0.4, -0.2) is 79.7 Å². The number of nitrogens with zero attached hydrogens (tertiary/aromatic N) is 2. The topological polar surface area (TPSA) is 0 Å². The van der Waals surface area contributed by atoms with E-state index in [1.165, 1.54) is 37.3 Å². The highest BCUT2D eigenvalue weighted by Crippen LogP contribution is 2.21. The van der Waals surface area contributed by atoms with Gasteiger partial charge in [0.05, 0.1) is 54.6 Å². The first-order chi connectivity index (χ1) is 8.62. The van der Waals surface area contributed by atoms with Crippen LogP contribution in [0.3, 0.4) is 0 Å². The molecule has 0 saturated carbocycles. The fourth-order valence-electron chi connectivity index (χ4n) is 3.93. The number of unbranched alkanes of at least 4 members (excludes halogenated alkanes) is 1. The van der Waals surface area contributed by atoms with E-state index in [4.69, 9.17) is 0 Å². The van der Waals surface area contributed by atoms with Crippen molar-refractivity contribution in [1.82, 2.24) is 0 Å². The van der Waals surface area contributed by atoms with Gasteiger partial charge in [-0.05, 0) is 0 Å². The molecule has 0 unspecified atom stereocenters. The normalized spacial score (nSPS) is 14.7. The van der Waals surface area contributed by atoms with Gasteiger partial charge >= 0.3 is 0 Å². The summed E-state index contributed by atoms with van der Waals surface area (Å²) in [4.78, 5) is 0. The second-order valence-electron chi connectivity index (χ2n) is 10.4. The highest BCUT2D eigenvalue weighted by atomic mass is 28.3. The minimum absolute atomic E-state index is 0.998. The molecule has 0 spiro atoms. The molecular formula is C16H42N2Si2+2. The Morgan fingerprint density at radius 2 is 0.800 bits per heavy atom. The van der Waals surface area contributed by atoms with E-state index in [0.717, 1.165) is 8.97 Å². The summed E-state index contributed by atoms with van der Waals surface area (Å²) in [6.45, 7) is 10.3. The maximum absolute atomic E-state index is 2.57. The van der Waals surface area contributed by atoms with E-state index in [9.17, 15) is 0 Å². The van der Waals surface area contributed by atoms with E-state index in [2.05, 4.69) is 68.5 Å². The highest BCUT2D eigenvalue weighted by Gasteiger charge is 2.30. The van der Waals surface area contributed by atoms with Crippen LogP contribution in [0.25, 0.3) is 0 Å². The average molecular weight is 319 g/mol. The molecule has 20 heavy (non-hydrogen) atoms. The van der Waals surface area contributed by atoms with E-state index < -0.39 is 16.1 Å². The summed E-state index contributed by atoms with van der Waals surface area (Å²) in [5.41, 5.74) is 0. The molecular weight excluding hydrogens is 276 g/mol. The molecule has 0 aliphatic heterocycles. The van der Waals surface area contributed by atoms with Gasteiger partial charge in [0.2, 0.25) is 0 Å². The second kappa shape index (κ2) is 7.08. The van der Waals surface area contributed by atoms with E-state index in [0.29, 0.717) is 0 Å². The van der Waals surface area contributed by atoms with E-state index in [1.807, 2.05) is 0 Å². The van der Waals surface area contributed by atoms with Gasteiger partial charge in [0, 0.05) is 0 Å². The van der Waals surface area contributed by atoms with Crippen LogP contribution >= 0.6 is 0 Å². The Kier molecular flexibility index (Phi) is 7.20. The lowest BCUT2D eigenvalue weighted by Crippen LogP contribution is -2.49. The van der Waals surface area contributed by atoms with Crippen LogP contribution in [-0.2, 0) is 0 Å². The zero-order valence-electron chi connectivity index (χ0n) is 16.1. The van der Waals surface area contributed by atoms with Gasteiger partial charge in [-0.2, -0.15) is 0 Å². The molecule has 0 bridgehead atoms. The maximum atomic E-state index is 2.57. The zero-order valence-corrected chi connectivity index (χ0v) is 18.1. The van der Waals surface area contributed by atoms with Crippen molar-refractivity contribution in [3.05, 3.63) is 0 Å². The maximum Gasteiger partial charge on any atom is 0.113 e. The van der Waals surface area contributed by atoms with Crippen molar-refractivity contribution < 1.29 is 8.97 Å². The first-order valence-corrected chi connectivity index (χ1v) is 15.1.